The minimum absolute atomic E-state index is 0. The van der Waals surface area contributed by atoms with Crippen LogP contribution in [0.4, 0.5) is 0 Å². The SMILES string of the molecule is Cl.NC(CS)CS. The van der Waals surface area contributed by atoms with Gasteiger partial charge in [-0.3, -0.25) is 0 Å². The molecular formula is C3H10ClNS2. The lowest BCUT2D eigenvalue weighted by Gasteiger charge is -1.98. The van der Waals surface area contributed by atoms with Crippen LogP contribution in [0.1, 0.15) is 0 Å². The fraction of sp³-hybridized carbons (Fsp3) is 1.00. The van der Waals surface area contributed by atoms with Crippen LogP contribution < -0.4 is 5.73 Å². The van der Waals surface area contributed by atoms with Crippen LogP contribution in [0.15, 0.2) is 0 Å². The summed E-state index contributed by atoms with van der Waals surface area (Å²) in [5, 5.41) is 0. The number of rotatable bonds is 2. The standard InChI is InChI=1S/C3H9NS2.ClH/c4-3(1-5)2-6;/h3,5-6H,1-2,4H2;1H. The van der Waals surface area contributed by atoms with Gasteiger partial charge in [0.25, 0.3) is 0 Å². The van der Waals surface area contributed by atoms with Crippen LogP contribution in [0.25, 0.3) is 0 Å². The first-order valence-electron chi connectivity index (χ1n) is 1.78. The molecule has 46 valence electrons. The van der Waals surface area contributed by atoms with Crippen molar-refractivity contribution in [2.75, 3.05) is 11.5 Å². The fourth-order valence-electron chi connectivity index (χ4n) is 0.0577. The van der Waals surface area contributed by atoms with E-state index in [1.807, 2.05) is 0 Å². The van der Waals surface area contributed by atoms with Gasteiger partial charge in [0, 0.05) is 17.5 Å². The molecule has 2 N–H and O–H groups in total. The molecule has 7 heavy (non-hydrogen) atoms. The number of hydrogen-bond acceptors (Lipinski definition) is 3. The Morgan fingerprint density at radius 3 is 1.57 bits per heavy atom. The Labute approximate surface area is 61.3 Å². The van der Waals surface area contributed by atoms with Crippen molar-refractivity contribution in [1.82, 2.24) is 0 Å². The molecule has 1 nitrogen and oxygen atoms in total. The normalized spacial score (nSPS) is 8.57. The van der Waals surface area contributed by atoms with E-state index in [0.717, 1.165) is 11.5 Å². The lowest BCUT2D eigenvalue weighted by atomic mass is 10.4. The van der Waals surface area contributed by atoms with Crippen molar-refractivity contribution in [3.8, 4) is 0 Å². The Kier molecular flexibility index (Phi) is 10.8. The van der Waals surface area contributed by atoms with Gasteiger partial charge >= 0.3 is 0 Å². The van der Waals surface area contributed by atoms with Crippen LogP contribution in [0.2, 0.25) is 0 Å². The molecule has 0 saturated heterocycles. The lowest BCUT2D eigenvalue weighted by Crippen LogP contribution is -2.23. The summed E-state index contributed by atoms with van der Waals surface area (Å²) in [5.41, 5.74) is 5.32. The summed E-state index contributed by atoms with van der Waals surface area (Å²) in [4.78, 5) is 0. The molecule has 0 heterocycles. The monoisotopic (exact) mass is 159 g/mol. The van der Waals surface area contributed by atoms with Crippen molar-refractivity contribution in [1.29, 1.82) is 0 Å². The van der Waals surface area contributed by atoms with Gasteiger partial charge in [-0.1, -0.05) is 0 Å². The molecule has 0 aliphatic rings. The molecule has 0 amide bonds. The van der Waals surface area contributed by atoms with Crippen LogP contribution in [0.3, 0.4) is 0 Å². The molecular weight excluding hydrogens is 150 g/mol. The molecule has 0 aliphatic heterocycles. The zero-order valence-electron chi connectivity index (χ0n) is 3.87. The largest absolute Gasteiger partial charge is 0.326 e. The van der Waals surface area contributed by atoms with Crippen molar-refractivity contribution in [3.63, 3.8) is 0 Å². The molecule has 0 aliphatic carbocycles. The maximum absolute atomic E-state index is 5.32. The first-order valence-corrected chi connectivity index (χ1v) is 3.05. The molecule has 0 aromatic rings. The predicted molar refractivity (Wildman–Crippen MR) is 42.9 cm³/mol. The van der Waals surface area contributed by atoms with Crippen LogP contribution in [-0.4, -0.2) is 17.5 Å². The van der Waals surface area contributed by atoms with Gasteiger partial charge in [0.15, 0.2) is 0 Å². The van der Waals surface area contributed by atoms with Gasteiger partial charge in [0.1, 0.15) is 0 Å². The second kappa shape index (κ2) is 6.95. The molecule has 0 atom stereocenters. The molecule has 0 radical (unpaired) electrons. The minimum Gasteiger partial charge on any atom is -0.326 e. The third kappa shape index (κ3) is 6.95. The number of nitrogens with two attached hydrogens (primary N) is 1. The zero-order chi connectivity index (χ0) is 4.99. The van der Waals surface area contributed by atoms with Crippen molar-refractivity contribution in [2.24, 2.45) is 5.73 Å². The lowest BCUT2D eigenvalue weighted by molar-refractivity contribution is 0.866. The molecule has 0 aromatic carbocycles. The van der Waals surface area contributed by atoms with Crippen molar-refractivity contribution in [3.05, 3.63) is 0 Å². The molecule has 0 rings (SSSR count). The zero-order valence-corrected chi connectivity index (χ0v) is 6.48. The second-order valence-corrected chi connectivity index (χ2v) is 1.86. The molecule has 0 spiro atoms. The predicted octanol–water partition coefficient (Wildman–Crippen LogP) is 0.595. The van der Waals surface area contributed by atoms with E-state index in [9.17, 15) is 0 Å². The van der Waals surface area contributed by atoms with Gasteiger partial charge in [-0.15, -0.1) is 12.4 Å². The van der Waals surface area contributed by atoms with E-state index in [1.54, 1.807) is 0 Å². The second-order valence-electron chi connectivity index (χ2n) is 1.13. The van der Waals surface area contributed by atoms with Crippen molar-refractivity contribution >= 4 is 37.7 Å². The third-order valence-electron chi connectivity index (χ3n) is 0.469. The Hall–Kier alpha value is 0.950. The molecule has 0 fully saturated rings. The summed E-state index contributed by atoms with van der Waals surface area (Å²) >= 11 is 7.84. The Morgan fingerprint density at radius 2 is 1.57 bits per heavy atom. The molecule has 4 heteroatoms. The Balaban J connectivity index is 0. The van der Waals surface area contributed by atoms with E-state index in [0.29, 0.717) is 0 Å². The highest BCUT2D eigenvalue weighted by atomic mass is 35.5. The third-order valence-corrected chi connectivity index (χ3v) is 1.41. The van der Waals surface area contributed by atoms with Gasteiger partial charge in [0.2, 0.25) is 0 Å². The van der Waals surface area contributed by atoms with E-state index in [1.165, 1.54) is 0 Å². The summed E-state index contributed by atoms with van der Waals surface area (Å²) < 4.78 is 0. The van der Waals surface area contributed by atoms with E-state index < -0.39 is 0 Å². The summed E-state index contributed by atoms with van der Waals surface area (Å²) in [7, 11) is 0. The van der Waals surface area contributed by atoms with E-state index in [2.05, 4.69) is 25.3 Å². The summed E-state index contributed by atoms with van der Waals surface area (Å²) in [6.45, 7) is 0. The summed E-state index contributed by atoms with van der Waals surface area (Å²) in [6, 6.07) is 0.164. The highest BCUT2D eigenvalue weighted by Gasteiger charge is 1.90. The van der Waals surface area contributed by atoms with E-state index in [-0.39, 0.29) is 18.4 Å². The highest BCUT2D eigenvalue weighted by Crippen LogP contribution is 1.83. The maximum atomic E-state index is 5.32. The van der Waals surface area contributed by atoms with E-state index in [4.69, 9.17) is 5.73 Å². The molecule has 0 aromatic heterocycles. The van der Waals surface area contributed by atoms with Gasteiger partial charge in [0.05, 0.1) is 0 Å². The molecule has 0 unspecified atom stereocenters. The smallest absolute Gasteiger partial charge is 0.0217 e. The van der Waals surface area contributed by atoms with Gasteiger partial charge in [-0.25, -0.2) is 0 Å². The fourth-order valence-corrected chi connectivity index (χ4v) is 0.520. The van der Waals surface area contributed by atoms with E-state index >= 15 is 0 Å². The first-order chi connectivity index (χ1) is 2.81. The average molecular weight is 160 g/mol. The number of hydrogen-bond donors (Lipinski definition) is 3. The van der Waals surface area contributed by atoms with Crippen LogP contribution >= 0.6 is 37.7 Å². The summed E-state index contributed by atoms with van der Waals surface area (Å²) in [5.74, 6) is 1.45. The maximum Gasteiger partial charge on any atom is 0.0217 e. The molecule has 0 saturated carbocycles. The Bertz CT molecular complexity index is 32.1. The quantitative estimate of drug-likeness (QED) is 0.506. The number of halogens is 1. The van der Waals surface area contributed by atoms with Crippen molar-refractivity contribution < 1.29 is 0 Å². The van der Waals surface area contributed by atoms with Crippen LogP contribution in [0, 0.1) is 0 Å². The van der Waals surface area contributed by atoms with Crippen LogP contribution in [-0.2, 0) is 0 Å². The topological polar surface area (TPSA) is 26.0 Å². The Morgan fingerprint density at radius 1 is 1.29 bits per heavy atom. The van der Waals surface area contributed by atoms with Crippen molar-refractivity contribution in [2.45, 2.75) is 6.04 Å². The molecule has 0 bridgehead atoms. The summed E-state index contributed by atoms with van der Waals surface area (Å²) in [6.07, 6.45) is 0. The average Bonchev–Trinajstić information content (AvgIpc) is 1.65. The first kappa shape index (κ1) is 10.8. The highest BCUT2D eigenvalue weighted by molar-refractivity contribution is 7.81. The van der Waals surface area contributed by atoms with Gasteiger partial charge < -0.3 is 5.73 Å². The van der Waals surface area contributed by atoms with Gasteiger partial charge in [-0.05, 0) is 0 Å². The number of thiol groups is 2. The van der Waals surface area contributed by atoms with Crippen LogP contribution in [0.5, 0.6) is 0 Å². The van der Waals surface area contributed by atoms with Gasteiger partial charge in [-0.2, -0.15) is 25.3 Å². The minimum atomic E-state index is 0.